The maximum atomic E-state index is 12.5. The number of carbonyl (C=O) groups is 4. The number of urea groups is 1. The van der Waals surface area contributed by atoms with Crippen molar-refractivity contribution in [3.8, 4) is 5.75 Å². The first kappa shape index (κ1) is 15.7. The highest BCUT2D eigenvalue weighted by atomic mass is 16.5. The number of anilines is 1. The number of hydrogen-bond donors (Lipinski definition) is 2. The number of carbonyl (C=O) groups excluding carboxylic acids is 4. The summed E-state index contributed by atoms with van der Waals surface area (Å²) in [6, 6.07) is 4.82. The minimum atomic E-state index is -0.958. The summed E-state index contributed by atoms with van der Waals surface area (Å²) >= 11 is 0. The van der Waals surface area contributed by atoms with Gasteiger partial charge in [-0.05, 0) is 24.3 Å². The van der Waals surface area contributed by atoms with Crippen molar-refractivity contribution in [3.63, 3.8) is 0 Å². The molecular weight excluding hydrogens is 316 g/mol. The Morgan fingerprint density at radius 3 is 2.46 bits per heavy atom. The molecule has 2 aliphatic heterocycles. The molecule has 0 saturated carbocycles. The normalized spacial score (nSPS) is 22.6. The second-order valence-corrected chi connectivity index (χ2v) is 5.24. The summed E-state index contributed by atoms with van der Waals surface area (Å²) in [7, 11) is 1.52. The summed E-state index contributed by atoms with van der Waals surface area (Å²) in [5, 5.41) is 4.41. The third kappa shape index (κ3) is 2.96. The van der Waals surface area contributed by atoms with Crippen molar-refractivity contribution in [1.29, 1.82) is 0 Å². The first-order valence-corrected chi connectivity index (χ1v) is 7.16. The van der Waals surface area contributed by atoms with Crippen LogP contribution in [0.4, 0.5) is 10.5 Å². The van der Waals surface area contributed by atoms with Crippen LogP contribution in [0.5, 0.6) is 5.75 Å². The first-order chi connectivity index (χ1) is 11.5. The predicted molar refractivity (Wildman–Crippen MR) is 82.6 cm³/mol. The topological polar surface area (TPSA) is 117 Å². The average molecular weight is 330 g/mol. The van der Waals surface area contributed by atoms with Gasteiger partial charge >= 0.3 is 6.03 Å². The molecule has 2 N–H and O–H groups in total. The van der Waals surface area contributed by atoms with Crippen molar-refractivity contribution in [2.75, 3.05) is 12.0 Å². The van der Waals surface area contributed by atoms with E-state index >= 15 is 0 Å². The van der Waals surface area contributed by atoms with Gasteiger partial charge in [0.25, 0.3) is 5.91 Å². The lowest BCUT2D eigenvalue weighted by atomic mass is 10.2. The fraction of sp³-hybridized carbons (Fsp3) is 0.267. The Morgan fingerprint density at radius 2 is 1.83 bits per heavy atom. The molecule has 0 bridgehead atoms. The van der Waals surface area contributed by atoms with Crippen molar-refractivity contribution in [2.45, 2.75) is 18.9 Å². The smallest absolute Gasteiger partial charge is 0.326 e. The zero-order valence-corrected chi connectivity index (χ0v) is 12.7. The molecule has 124 valence electrons. The molecule has 0 aromatic heterocycles. The van der Waals surface area contributed by atoms with E-state index in [2.05, 4.69) is 15.6 Å². The van der Waals surface area contributed by atoms with E-state index in [1.54, 1.807) is 24.3 Å². The van der Waals surface area contributed by atoms with Crippen LogP contribution in [0.3, 0.4) is 0 Å². The van der Waals surface area contributed by atoms with Crippen LogP contribution in [0.15, 0.2) is 29.3 Å². The fourth-order valence-electron chi connectivity index (χ4n) is 2.51. The summed E-state index contributed by atoms with van der Waals surface area (Å²) in [4.78, 5) is 52.3. The highest BCUT2D eigenvalue weighted by molar-refractivity contribution is 6.23. The van der Waals surface area contributed by atoms with E-state index in [9.17, 15) is 19.2 Å². The minimum absolute atomic E-state index is 0.0754. The molecule has 1 aromatic rings. The number of nitrogens with one attached hydrogen (secondary N) is 2. The Labute approximate surface area is 136 Å². The molecule has 2 aliphatic rings. The Hall–Kier alpha value is -3.23. The molecule has 2 heterocycles. The fourth-order valence-corrected chi connectivity index (χ4v) is 2.51. The van der Waals surface area contributed by atoms with Crippen molar-refractivity contribution < 1.29 is 23.9 Å². The number of aliphatic imine (C=N–C) groups is 1. The van der Waals surface area contributed by atoms with Crippen LogP contribution in [-0.4, -0.2) is 42.7 Å². The number of hydrogen-bond acceptors (Lipinski definition) is 6. The number of amides is 5. The summed E-state index contributed by atoms with van der Waals surface area (Å²) in [5.74, 6) is -0.734. The molecule has 2 fully saturated rings. The van der Waals surface area contributed by atoms with E-state index in [4.69, 9.17) is 4.74 Å². The second kappa shape index (κ2) is 6.11. The first-order valence-electron chi connectivity index (χ1n) is 7.16. The van der Waals surface area contributed by atoms with E-state index in [-0.39, 0.29) is 18.7 Å². The van der Waals surface area contributed by atoms with Crippen LogP contribution in [0.25, 0.3) is 0 Å². The van der Waals surface area contributed by atoms with Crippen LogP contribution >= 0.6 is 0 Å². The van der Waals surface area contributed by atoms with Gasteiger partial charge in [-0.2, -0.15) is 0 Å². The maximum Gasteiger partial charge on any atom is 0.326 e. The monoisotopic (exact) mass is 330 g/mol. The van der Waals surface area contributed by atoms with Crippen molar-refractivity contribution in [1.82, 2.24) is 10.6 Å². The van der Waals surface area contributed by atoms with E-state index in [1.165, 1.54) is 7.11 Å². The summed E-state index contributed by atoms with van der Waals surface area (Å²) in [6.07, 6.45) is -0.266. The molecule has 5 amide bonds. The third-order valence-electron chi connectivity index (χ3n) is 3.60. The maximum absolute atomic E-state index is 12.5. The van der Waals surface area contributed by atoms with E-state index in [0.717, 1.165) is 4.90 Å². The molecule has 0 spiro atoms. The number of ether oxygens (including phenoxy) is 1. The highest BCUT2D eigenvalue weighted by Gasteiger charge is 2.40. The van der Waals surface area contributed by atoms with Gasteiger partial charge in [0, 0.05) is 0 Å². The minimum Gasteiger partial charge on any atom is -0.497 e. The van der Waals surface area contributed by atoms with E-state index in [1.807, 2.05) is 0 Å². The summed E-state index contributed by atoms with van der Waals surface area (Å²) < 4.78 is 5.04. The van der Waals surface area contributed by atoms with Crippen LogP contribution in [0.2, 0.25) is 0 Å². The molecule has 1 atom stereocenters. The number of nitrogens with zero attached hydrogens (tertiary/aromatic N) is 2. The molecule has 0 unspecified atom stereocenters. The molecule has 3 rings (SSSR count). The Balaban J connectivity index is 1.80. The molecule has 24 heavy (non-hydrogen) atoms. The van der Waals surface area contributed by atoms with Gasteiger partial charge < -0.3 is 4.74 Å². The van der Waals surface area contributed by atoms with E-state index in [0.29, 0.717) is 11.4 Å². The molecule has 0 aliphatic carbocycles. The van der Waals surface area contributed by atoms with Gasteiger partial charge in [0.15, 0.2) is 0 Å². The lowest BCUT2D eigenvalue weighted by Gasteiger charge is -2.17. The van der Waals surface area contributed by atoms with Gasteiger partial charge in [0.1, 0.15) is 17.6 Å². The zero-order chi connectivity index (χ0) is 17.3. The number of imide groups is 2. The molecule has 1 aromatic carbocycles. The number of amidine groups is 1. The van der Waals surface area contributed by atoms with Gasteiger partial charge in [-0.1, -0.05) is 0 Å². The Kier molecular flexibility index (Phi) is 3.98. The molecule has 9 heteroatoms. The van der Waals surface area contributed by atoms with Gasteiger partial charge in [-0.3, -0.25) is 30.0 Å². The van der Waals surface area contributed by atoms with Crippen LogP contribution in [0, 0.1) is 0 Å². The Bertz CT molecular complexity index is 738. The number of methoxy groups -OCH3 is 1. The number of rotatable bonds is 3. The van der Waals surface area contributed by atoms with Gasteiger partial charge in [-0.25, -0.2) is 9.69 Å². The molecule has 0 radical (unpaired) electrons. The second-order valence-electron chi connectivity index (χ2n) is 5.24. The standard InChI is InChI=1S/C15H14N4O5/c1-24-9-4-2-8(3-5-9)19-13(21)6-10(14(19)22)16-11-7-12(20)18-15(23)17-11/h2-5,10H,6-7H2,1H3,(H2,16,17,18,20,23)/t10-/m0/s1. The van der Waals surface area contributed by atoms with Crippen LogP contribution in [-0.2, 0) is 14.4 Å². The average Bonchev–Trinajstić information content (AvgIpc) is 2.80. The van der Waals surface area contributed by atoms with Crippen LogP contribution in [0.1, 0.15) is 12.8 Å². The number of benzene rings is 1. The predicted octanol–water partition coefficient (Wildman–Crippen LogP) is -0.0449. The summed E-state index contributed by atoms with van der Waals surface area (Å²) in [6.45, 7) is 0. The summed E-state index contributed by atoms with van der Waals surface area (Å²) in [5.41, 5.74) is 0.416. The van der Waals surface area contributed by atoms with Crippen molar-refractivity contribution in [2.24, 2.45) is 4.99 Å². The van der Waals surface area contributed by atoms with E-state index < -0.39 is 29.8 Å². The Morgan fingerprint density at radius 1 is 1.12 bits per heavy atom. The lowest BCUT2D eigenvalue weighted by molar-refractivity contribution is -0.122. The highest BCUT2D eigenvalue weighted by Crippen LogP contribution is 2.26. The van der Waals surface area contributed by atoms with Crippen molar-refractivity contribution in [3.05, 3.63) is 24.3 Å². The van der Waals surface area contributed by atoms with Gasteiger partial charge in [0.2, 0.25) is 11.8 Å². The quantitative estimate of drug-likeness (QED) is 0.754. The third-order valence-corrected chi connectivity index (χ3v) is 3.60. The molecule has 9 nitrogen and oxygen atoms in total. The molecular formula is C15H14N4O5. The van der Waals surface area contributed by atoms with Crippen LogP contribution < -0.4 is 20.3 Å². The van der Waals surface area contributed by atoms with Crippen molar-refractivity contribution >= 4 is 35.3 Å². The zero-order valence-electron chi connectivity index (χ0n) is 12.7. The lowest BCUT2D eigenvalue weighted by Crippen LogP contribution is -2.50. The van der Waals surface area contributed by atoms with Gasteiger partial charge in [-0.15, -0.1) is 0 Å². The van der Waals surface area contributed by atoms with Gasteiger partial charge in [0.05, 0.1) is 25.6 Å². The SMILES string of the molecule is COc1ccc(N2C(=O)C[C@H](N=C3CC(=O)NC(=O)N3)C2=O)cc1. The molecule has 2 saturated heterocycles. The largest absolute Gasteiger partial charge is 0.497 e.